The number of aliphatic hydroxyl groups is 1. The average molecular weight is 388 g/mol. The Morgan fingerprint density at radius 1 is 1.27 bits per heavy atom. The number of hydrogen-bond donors (Lipinski definition) is 2. The number of carbonyl (C=O) groups excluding carboxylic acids is 1. The fraction of sp³-hybridized carbons (Fsp3) is 0.900. The van der Waals surface area contributed by atoms with E-state index in [0.29, 0.717) is 18.7 Å². The highest BCUT2D eigenvalue weighted by Crippen LogP contribution is 2.33. The van der Waals surface area contributed by atoms with Gasteiger partial charge >= 0.3 is 5.97 Å². The highest BCUT2D eigenvalue weighted by Gasteiger charge is 2.33. The van der Waals surface area contributed by atoms with Gasteiger partial charge < -0.3 is 15.1 Å². The predicted octanol–water partition coefficient (Wildman–Crippen LogP) is 4.28. The highest BCUT2D eigenvalue weighted by atomic mass is 32.2. The molecule has 5 nitrogen and oxygen atoms in total. The Balaban J connectivity index is 2.34. The van der Waals surface area contributed by atoms with Crippen LogP contribution >= 0.6 is 11.8 Å². The smallest absolute Gasteiger partial charge is 0.303 e. The third kappa shape index (κ3) is 8.30. The Morgan fingerprint density at radius 3 is 2.62 bits per heavy atom. The van der Waals surface area contributed by atoms with Crippen molar-refractivity contribution in [3.63, 3.8) is 0 Å². The molecular weight excluding hydrogens is 350 g/mol. The van der Waals surface area contributed by atoms with Crippen molar-refractivity contribution in [3.8, 4) is 0 Å². The maximum Gasteiger partial charge on any atom is 0.303 e. The van der Waals surface area contributed by atoms with Crippen LogP contribution in [0, 0.1) is 5.41 Å². The van der Waals surface area contributed by atoms with Crippen molar-refractivity contribution in [2.24, 2.45) is 5.41 Å². The Bertz CT molecular complexity index is 442. The van der Waals surface area contributed by atoms with Gasteiger partial charge in [-0.05, 0) is 31.1 Å². The number of amides is 1. The van der Waals surface area contributed by atoms with Gasteiger partial charge in [0, 0.05) is 13.0 Å². The van der Waals surface area contributed by atoms with E-state index in [9.17, 15) is 14.7 Å². The van der Waals surface area contributed by atoms with Gasteiger partial charge in [-0.2, -0.15) is 0 Å². The molecule has 1 aliphatic heterocycles. The second kappa shape index (κ2) is 11.9. The second-order valence-corrected chi connectivity index (χ2v) is 9.26. The number of carbonyl (C=O) groups is 2. The van der Waals surface area contributed by atoms with Gasteiger partial charge in [-0.3, -0.25) is 9.59 Å². The zero-order valence-electron chi connectivity index (χ0n) is 16.7. The summed E-state index contributed by atoms with van der Waals surface area (Å²) in [6.45, 7) is 7.02. The summed E-state index contributed by atoms with van der Waals surface area (Å²) in [5.74, 6) is -0.00286. The summed E-state index contributed by atoms with van der Waals surface area (Å²) in [5.41, 5.74) is -0.106. The fourth-order valence-electron chi connectivity index (χ4n) is 3.41. The summed E-state index contributed by atoms with van der Waals surface area (Å²) in [4.78, 5) is 24.6. The number of thioether (sulfide) groups is 1. The van der Waals surface area contributed by atoms with E-state index < -0.39 is 5.97 Å². The summed E-state index contributed by atoms with van der Waals surface area (Å²) in [6, 6.07) is 0. The molecule has 2 N–H and O–H groups in total. The molecule has 6 heteroatoms. The normalized spacial score (nSPS) is 19.2. The molecule has 1 amide bonds. The zero-order valence-corrected chi connectivity index (χ0v) is 17.5. The van der Waals surface area contributed by atoms with Gasteiger partial charge in [0.2, 0.25) is 5.91 Å². The largest absolute Gasteiger partial charge is 0.481 e. The molecule has 0 aromatic heterocycles. The summed E-state index contributed by atoms with van der Waals surface area (Å²) in [6.07, 6.45) is 8.41. The standard InChI is InChI=1S/C20H37NO4S/c1-4-5-13-20(2,3)16(22)12-14-21-17(23)15-26-18(21)10-8-6-7-9-11-19(24)25/h16,18,22H,4-15H2,1-3H3,(H,24,25). The van der Waals surface area contributed by atoms with Crippen molar-refractivity contribution >= 4 is 23.6 Å². The minimum Gasteiger partial charge on any atom is -0.481 e. The molecule has 0 aliphatic carbocycles. The van der Waals surface area contributed by atoms with Crippen LogP contribution in [0.2, 0.25) is 0 Å². The maximum atomic E-state index is 12.2. The first kappa shape index (κ1) is 23.3. The van der Waals surface area contributed by atoms with Gasteiger partial charge in [0.25, 0.3) is 0 Å². The third-order valence-corrected chi connectivity index (χ3v) is 6.67. The van der Waals surface area contributed by atoms with E-state index in [1.165, 1.54) is 0 Å². The first-order valence-corrected chi connectivity index (χ1v) is 11.1. The van der Waals surface area contributed by atoms with E-state index in [2.05, 4.69) is 20.8 Å². The van der Waals surface area contributed by atoms with E-state index in [1.807, 2.05) is 4.90 Å². The minimum atomic E-state index is -0.728. The average Bonchev–Trinajstić information content (AvgIpc) is 2.93. The van der Waals surface area contributed by atoms with Crippen molar-refractivity contribution in [3.05, 3.63) is 0 Å². The molecule has 1 heterocycles. The molecular formula is C20H37NO4S. The number of unbranched alkanes of at least 4 members (excludes halogenated alkanes) is 4. The molecule has 1 rings (SSSR count). The van der Waals surface area contributed by atoms with Crippen LogP contribution in [0.4, 0.5) is 0 Å². The molecule has 1 aliphatic rings. The topological polar surface area (TPSA) is 77.8 Å². The van der Waals surface area contributed by atoms with E-state index in [4.69, 9.17) is 5.11 Å². The number of hydrogen-bond acceptors (Lipinski definition) is 4. The van der Waals surface area contributed by atoms with Gasteiger partial charge in [0.05, 0.1) is 17.2 Å². The van der Waals surface area contributed by atoms with E-state index in [0.717, 1.165) is 51.4 Å². The van der Waals surface area contributed by atoms with Crippen molar-refractivity contribution in [2.75, 3.05) is 12.3 Å². The van der Waals surface area contributed by atoms with E-state index in [-0.39, 0.29) is 29.2 Å². The molecule has 0 bridgehead atoms. The molecule has 1 fully saturated rings. The first-order chi connectivity index (χ1) is 12.3. The van der Waals surface area contributed by atoms with Crippen molar-refractivity contribution < 1.29 is 19.8 Å². The molecule has 2 atom stereocenters. The number of aliphatic carboxylic acids is 1. The third-order valence-electron chi connectivity index (χ3n) is 5.38. The molecule has 0 aromatic carbocycles. The molecule has 2 unspecified atom stereocenters. The Labute approximate surface area is 162 Å². The lowest BCUT2D eigenvalue weighted by molar-refractivity contribution is -0.137. The van der Waals surface area contributed by atoms with Crippen LogP contribution in [0.1, 0.15) is 85.0 Å². The van der Waals surface area contributed by atoms with Crippen molar-refractivity contribution in [1.82, 2.24) is 4.90 Å². The van der Waals surface area contributed by atoms with Crippen LogP contribution in [0.5, 0.6) is 0 Å². The van der Waals surface area contributed by atoms with Gasteiger partial charge in [-0.25, -0.2) is 0 Å². The highest BCUT2D eigenvalue weighted by molar-refractivity contribution is 8.00. The summed E-state index contributed by atoms with van der Waals surface area (Å²) < 4.78 is 0. The Hall–Kier alpha value is -0.750. The molecule has 0 aromatic rings. The number of nitrogens with zero attached hydrogens (tertiary/aromatic N) is 1. The van der Waals surface area contributed by atoms with E-state index in [1.54, 1.807) is 11.8 Å². The van der Waals surface area contributed by atoms with Crippen LogP contribution in [-0.2, 0) is 9.59 Å². The predicted molar refractivity (Wildman–Crippen MR) is 107 cm³/mol. The second-order valence-electron chi connectivity index (χ2n) is 8.10. The number of carboxylic acids is 1. The SMILES string of the molecule is CCCCC(C)(C)C(O)CCN1C(=O)CSC1CCCCCCC(=O)O. The summed E-state index contributed by atoms with van der Waals surface area (Å²) in [5, 5.41) is 19.4. The Kier molecular flexibility index (Phi) is 10.6. The molecule has 0 saturated carbocycles. The van der Waals surface area contributed by atoms with Gasteiger partial charge in [0.15, 0.2) is 0 Å². The minimum absolute atomic E-state index is 0.106. The van der Waals surface area contributed by atoms with Crippen LogP contribution in [0.25, 0.3) is 0 Å². The van der Waals surface area contributed by atoms with Gasteiger partial charge in [-0.1, -0.05) is 52.9 Å². The number of aliphatic hydroxyl groups excluding tert-OH is 1. The van der Waals surface area contributed by atoms with Crippen molar-refractivity contribution in [1.29, 1.82) is 0 Å². The van der Waals surface area contributed by atoms with Crippen LogP contribution in [0.3, 0.4) is 0 Å². The molecule has 152 valence electrons. The lowest BCUT2D eigenvalue weighted by Crippen LogP contribution is -2.38. The lowest BCUT2D eigenvalue weighted by Gasteiger charge is -2.33. The quantitative estimate of drug-likeness (QED) is 0.435. The van der Waals surface area contributed by atoms with Crippen LogP contribution < -0.4 is 0 Å². The fourth-order valence-corrected chi connectivity index (χ4v) is 4.65. The monoisotopic (exact) mass is 387 g/mol. The van der Waals surface area contributed by atoms with Crippen molar-refractivity contribution in [2.45, 2.75) is 96.5 Å². The lowest BCUT2D eigenvalue weighted by atomic mass is 9.80. The molecule has 0 radical (unpaired) electrons. The molecule has 0 spiro atoms. The maximum absolute atomic E-state index is 12.2. The van der Waals surface area contributed by atoms with Crippen LogP contribution in [0.15, 0.2) is 0 Å². The van der Waals surface area contributed by atoms with Crippen LogP contribution in [-0.4, -0.2) is 50.8 Å². The number of carboxylic acid groups (broad SMARTS) is 1. The Morgan fingerprint density at radius 2 is 1.96 bits per heavy atom. The van der Waals surface area contributed by atoms with E-state index >= 15 is 0 Å². The molecule has 26 heavy (non-hydrogen) atoms. The van der Waals surface area contributed by atoms with Gasteiger partial charge in [0.1, 0.15) is 0 Å². The van der Waals surface area contributed by atoms with Gasteiger partial charge in [-0.15, -0.1) is 11.8 Å². The zero-order chi connectivity index (χ0) is 19.6. The molecule has 1 saturated heterocycles. The number of rotatable bonds is 14. The first-order valence-electron chi connectivity index (χ1n) is 10.1. The summed E-state index contributed by atoms with van der Waals surface area (Å²) >= 11 is 1.70. The summed E-state index contributed by atoms with van der Waals surface area (Å²) in [7, 11) is 0.